The van der Waals surface area contributed by atoms with Crippen LogP contribution in [-0.2, 0) is 25.7 Å². The summed E-state index contributed by atoms with van der Waals surface area (Å²) in [4.78, 5) is 0. The van der Waals surface area contributed by atoms with Crippen molar-refractivity contribution >= 4 is 23.8 Å². The molecule has 0 aromatic heterocycles. The third-order valence-electron chi connectivity index (χ3n) is 7.60. The molecule has 0 saturated heterocycles. The van der Waals surface area contributed by atoms with Crippen LogP contribution in [0.2, 0.25) is 0 Å². The molecule has 4 bridgehead atoms. The molecule has 0 nitrogen and oxygen atoms in total. The Labute approximate surface area is 205 Å². The SMILES string of the molecule is Cc1cc(C)cc(P(c2cc(C)cc(C)c2)c2cc3ccc2CCc2ccc4c(c2)C(C3)C4)c1. The van der Waals surface area contributed by atoms with Crippen LogP contribution in [0.5, 0.6) is 0 Å². The quantitative estimate of drug-likeness (QED) is 0.300. The van der Waals surface area contributed by atoms with Gasteiger partial charge in [-0.3, -0.25) is 0 Å². The molecular weight excluding hydrogens is 427 g/mol. The van der Waals surface area contributed by atoms with Crippen LogP contribution in [0.3, 0.4) is 0 Å². The van der Waals surface area contributed by atoms with E-state index in [0.29, 0.717) is 5.92 Å². The van der Waals surface area contributed by atoms with E-state index in [1.165, 1.54) is 56.0 Å². The third kappa shape index (κ3) is 4.03. The van der Waals surface area contributed by atoms with Crippen LogP contribution >= 0.6 is 7.92 Å². The highest BCUT2D eigenvalue weighted by Gasteiger charge is 2.28. The molecule has 1 atom stereocenters. The average Bonchev–Trinajstić information content (AvgIpc) is 2.77. The van der Waals surface area contributed by atoms with E-state index in [0.717, 1.165) is 19.3 Å². The minimum atomic E-state index is -0.620. The lowest BCUT2D eigenvalue weighted by atomic mass is 9.74. The number of hydrogen-bond acceptors (Lipinski definition) is 0. The van der Waals surface area contributed by atoms with Crippen molar-refractivity contribution in [2.24, 2.45) is 0 Å². The fraction of sp³-hybridized carbons (Fsp3) is 0.273. The molecule has 0 saturated carbocycles. The maximum Gasteiger partial charge on any atom is -0.00781 e. The smallest absolute Gasteiger partial charge is 0.00781 e. The lowest BCUT2D eigenvalue weighted by Crippen LogP contribution is -2.25. The minimum Gasteiger partial charge on any atom is -0.0587 e. The van der Waals surface area contributed by atoms with Gasteiger partial charge in [-0.25, -0.2) is 0 Å². The first-order valence-electron chi connectivity index (χ1n) is 12.6. The van der Waals surface area contributed by atoms with Gasteiger partial charge in [-0.1, -0.05) is 95.1 Å². The normalized spacial score (nSPS) is 16.3. The topological polar surface area (TPSA) is 0 Å². The molecule has 0 amide bonds. The van der Waals surface area contributed by atoms with Gasteiger partial charge in [0.2, 0.25) is 0 Å². The van der Waals surface area contributed by atoms with Gasteiger partial charge in [-0.05, 0) is 111 Å². The lowest BCUT2D eigenvalue weighted by Gasteiger charge is -2.31. The van der Waals surface area contributed by atoms with E-state index in [9.17, 15) is 0 Å². The van der Waals surface area contributed by atoms with Gasteiger partial charge < -0.3 is 0 Å². The molecule has 1 unspecified atom stereocenters. The molecule has 0 fully saturated rings. The monoisotopic (exact) mass is 460 g/mol. The molecule has 0 aliphatic heterocycles. The van der Waals surface area contributed by atoms with E-state index in [4.69, 9.17) is 0 Å². The van der Waals surface area contributed by atoms with Crippen molar-refractivity contribution in [1.82, 2.24) is 0 Å². The van der Waals surface area contributed by atoms with Gasteiger partial charge in [-0.15, -0.1) is 0 Å². The zero-order valence-electron chi connectivity index (χ0n) is 20.8. The second-order valence-electron chi connectivity index (χ2n) is 10.6. The number of fused-ring (bicyclic) bond motifs is 3. The number of hydrogen-bond donors (Lipinski definition) is 0. The van der Waals surface area contributed by atoms with Gasteiger partial charge in [0.15, 0.2) is 0 Å². The van der Waals surface area contributed by atoms with E-state index < -0.39 is 7.92 Å². The standard InChI is InChI=1S/C33H33P/c1-21-11-22(2)14-30(13-21)34(31-15-23(3)12-24(4)16-31)33-19-26-7-9-27(33)8-5-25-6-10-28-20-29(17-26)32(28)18-25/h6-7,9-16,18-19,29H,5,8,17,20H2,1-4H3. The summed E-state index contributed by atoms with van der Waals surface area (Å²) in [6.45, 7) is 8.97. The summed E-state index contributed by atoms with van der Waals surface area (Å²) in [6.07, 6.45) is 4.62. The summed E-state index contributed by atoms with van der Waals surface area (Å²) in [5.74, 6) is 0.681. The van der Waals surface area contributed by atoms with Gasteiger partial charge in [0, 0.05) is 0 Å². The van der Waals surface area contributed by atoms with Crippen LogP contribution in [0.4, 0.5) is 0 Å². The lowest BCUT2D eigenvalue weighted by molar-refractivity contribution is 0.603. The molecule has 3 aliphatic rings. The number of rotatable bonds is 3. The zero-order valence-corrected chi connectivity index (χ0v) is 21.7. The van der Waals surface area contributed by atoms with Crippen LogP contribution in [0.15, 0.2) is 72.8 Å². The molecule has 3 aliphatic carbocycles. The summed E-state index contributed by atoms with van der Waals surface area (Å²) >= 11 is 0. The molecule has 0 radical (unpaired) electrons. The van der Waals surface area contributed by atoms with Crippen molar-refractivity contribution in [2.75, 3.05) is 0 Å². The Morgan fingerprint density at radius 1 is 0.559 bits per heavy atom. The Morgan fingerprint density at radius 3 is 1.79 bits per heavy atom. The molecule has 170 valence electrons. The van der Waals surface area contributed by atoms with Crippen molar-refractivity contribution in [1.29, 1.82) is 0 Å². The van der Waals surface area contributed by atoms with E-state index in [-0.39, 0.29) is 0 Å². The predicted octanol–water partition coefficient (Wildman–Crippen LogP) is 6.66. The van der Waals surface area contributed by atoms with E-state index in [2.05, 4.69) is 100 Å². The van der Waals surface area contributed by atoms with Crippen LogP contribution < -0.4 is 15.9 Å². The van der Waals surface area contributed by atoms with Gasteiger partial charge in [0.25, 0.3) is 0 Å². The van der Waals surface area contributed by atoms with Crippen LogP contribution in [-0.4, -0.2) is 0 Å². The van der Waals surface area contributed by atoms with Gasteiger partial charge in [-0.2, -0.15) is 0 Å². The summed E-state index contributed by atoms with van der Waals surface area (Å²) in [6, 6.07) is 29.1. The Kier molecular flexibility index (Phi) is 5.46. The van der Waals surface area contributed by atoms with Crippen molar-refractivity contribution in [2.45, 2.75) is 59.3 Å². The Balaban J connectivity index is 1.55. The Hall–Kier alpha value is -2.69. The Bertz CT molecular complexity index is 1320. The third-order valence-corrected chi connectivity index (χ3v) is 10.0. The fourth-order valence-electron chi connectivity index (χ4n) is 6.10. The number of aryl methyl sites for hydroxylation is 6. The summed E-state index contributed by atoms with van der Waals surface area (Å²) in [5, 5.41) is 4.53. The second-order valence-corrected chi connectivity index (χ2v) is 12.8. The highest BCUT2D eigenvalue weighted by molar-refractivity contribution is 7.80. The largest absolute Gasteiger partial charge is 0.0587 e. The fourth-order valence-corrected chi connectivity index (χ4v) is 9.05. The van der Waals surface area contributed by atoms with Gasteiger partial charge in [0.05, 0.1) is 0 Å². The molecular formula is C33H33P. The minimum absolute atomic E-state index is 0.620. The first-order chi connectivity index (χ1) is 16.4. The Morgan fingerprint density at radius 2 is 1.15 bits per heavy atom. The van der Waals surface area contributed by atoms with E-state index in [1.54, 1.807) is 16.4 Å². The molecule has 0 N–H and O–H groups in total. The molecule has 34 heavy (non-hydrogen) atoms. The first kappa shape index (κ1) is 21.8. The van der Waals surface area contributed by atoms with E-state index >= 15 is 0 Å². The van der Waals surface area contributed by atoms with Gasteiger partial charge >= 0.3 is 0 Å². The summed E-state index contributed by atoms with van der Waals surface area (Å²) in [7, 11) is -0.620. The predicted molar refractivity (Wildman–Crippen MR) is 148 cm³/mol. The average molecular weight is 461 g/mol. The first-order valence-corrected chi connectivity index (χ1v) is 14.0. The second kappa shape index (κ2) is 8.51. The summed E-state index contributed by atoms with van der Waals surface area (Å²) in [5.41, 5.74) is 13.1. The number of benzene rings is 4. The summed E-state index contributed by atoms with van der Waals surface area (Å²) < 4.78 is 0. The maximum atomic E-state index is 2.59. The zero-order chi connectivity index (χ0) is 23.4. The van der Waals surface area contributed by atoms with Crippen molar-refractivity contribution < 1.29 is 0 Å². The molecule has 1 heteroatoms. The molecule has 7 rings (SSSR count). The van der Waals surface area contributed by atoms with Crippen molar-refractivity contribution in [3.05, 3.63) is 123 Å². The van der Waals surface area contributed by atoms with Crippen LogP contribution in [0.1, 0.15) is 56.0 Å². The van der Waals surface area contributed by atoms with E-state index in [1.807, 2.05) is 0 Å². The van der Waals surface area contributed by atoms with Crippen molar-refractivity contribution in [3.63, 3.8) is 0 Å². The molecule has 4 aromatic rings. The molecule has 4 aromatic carbocycles. The molecule has 0 spiro atoms. The van der Waals surface area contributed by atoms with Crippen LogP contribution in [0, 0.1) is 27.7 Å². The van der Waals surface area contributed by atoms with Crippen molar-refractivity contribution in [3.8, 4) is 0 Å². The maximum absolute atomic E-state index is 2.59. The molecule has 0 heterocycles. The van der Waals surface area contributed by atoms with Gasteiger partial charge in [0.1, 0.15) is 0 Å². The highest BCUT2D eigenvalue weighted by Crippen LogP contribution is 2.41. The van der Waals surface area contributed by atoms with Crippen LogP contribution in [0.25, 0.3) is 0 Å². The highest BCUT2D eigenvalue weighted by atomic mass is 31.1.